The van der Waals surface area contributed by atoms with Gasteiger partial charge in [-0.05, 0) is 24.7 Å². The van der Waals surface area contributed by atoms with Crippen molar-refractivity contribution in [1.82, 2.24) is 9.80 Å². The Balaban J connectivity index is 2.43. The number of amides is 2. The molecule has 0 radical (unpaired) electrons. The summed E-state index contributed by atoms with van der Waals surface area (Å²) in [5.74, 6) is 0.366. The van der Waals surface area contributed by atoms with Crippen molar-refractivity contribution in [3.63, 3.8) is 0 Å². The Labute approximate surface area is 102 Å². The molecule has 1 heterocycles. The molecule has 0 saturated carbocycles. The highest BCUT2D eigenvalue weighted by Crippen LogP contribution is 2.24. The molecule has 1 N–H and O–H groups in total. The number of piperidine rings is 1. The fourth-order valence-corrected chi connectivity index (χ4v) is 2.27. The van der Waals surface area contributed by atoms with Crippen molar-refractivity contribution in [1.29, 1.82) is 0 Å². The molecule has 1 saturated heterocycles. The van der Waals surface area contributed by atoms with Gasteiger partial charge in [-0.3, -0.25) is 4.79 Å². The molecule has 1 aliphatic heterocycles. The van der Waals surface area contributed by atoms with E-state index in [1.165, 1.54) is 11.9 Å². The van der Waals surface area contributed by atoms with Gasteiger partial charge in [0.15, 0.2) is 0 Å². The second-order valence-electron chi connectivity index (χ2n) is 5.10. The summed E-state index contributed by atoms with van der Waals surface area (Å²) in [6.45, 7) is 5.66. The zero-order valence-corrected chi connectivity index (χ0v) is 10.8. The molecule has 5 heteroatoms. The van der Waals surface area contributed by atoms with Gasteiger partial charge < -0.3 is 14.9 Å². The highest BCUT2D eigenvalue weighted by Gasteiger charge is 2.26. The number of hydrogen-bond acceptors (Lipinski definition) is 2. The minimum atomic E-state index is -0.974. The highest BCUT2D eigenvalue weighted by molar-refractivity contribution is 5.79. The van der Waals surface area contributed by atoms with Gasteiger partial charge in [-0.15, -0.1) is 0 Å². The Morgan fingerprint density at radius 3 is 2.29 bits per heavy atom. The Kier molecular flexibility index (Phi) is 4.78. The molecule has 0 aromatic rings. The summed E-state index contributed by atoms with van der Waals surface area (Å²) in [6.07, 6.45) is 2.04. The highest BCUT2D eigenvalue weighted by atomic mass is 16.4. The topological polar surface area (TPSA) is 60.9 Å². The molecule has 17 heavy (non-hydrogen) atoms. The molecule has 98 valence electrons. The summed E-state index contributed by atoms with van der Waals surface area (Å²) in [6, 6.07) is -0.172. The number of hydrogen-bond donors (Lipinski definition) is 1. The Hall–Kier alpha value is -1.26. The lowest BCUT2D eigenvalue weighted by Crippen LogP contribution is -2.47. The fraction of sp³-hybridized carbons (Fsp3) is 0.833. The van der Waals surface area contributed by atoms with Crippen molar-refractivity contribution in [2.75, 3.05) is 26.7 Å². The lowest BCUT2D eigenvalue weighted by Gasteiger charge is -2.35. The average Bonchev–Trinajstić information content (AvgIpc) is 2.27. The number of nitrogens with zero attached hydrogens (tertiary/aromatic N) is 2. The number of carboxylic acid groups (broad SMARTS) is 1. The number of urea groups is 1. The largest absolute Gasteiger partial charge is 0.480 e. The SMILES string of the molecule is CC(C)C1CCN(C(=O)N(C)CC(=O)O)CC1. The number of aliphatic carboxylic acids is 1. The molecule has 0 spiro atoms. The van der Waals surface area contributed by atoms with Crippen LogP contribution in [-0.4, -0.2) is 53.6 Å². The van der Waals surface area contributed by atoms with E-state index < -0.39 is 5.97 Å². The summed E-state index contributed by atoms with van der Waals surface area (Å²) in [5.41, 5.74) is 0. The predicted molar refractivity (Wildman–Crippen MR) is 64.8 cm³/mol. The molecule has 5 nitrogen and oxygen atoms in total. The van der Waals surface area contributed by atoms with Crippen LogP contribution in [0.2, 0.25) is 0 Å². The molecule has 0 bridgehead atoms. The number of likely N-dealkylation sites (N-methyl/N-ethyl adjacent to an activating group) is 1. The van der Waals surface area contributed by atoms with E-state index in [2.05, 4.69) is 13.8 Å². The quantitative estimate of drug-likeness (QED) is 0.815. The minimum absolute atomic E-state index is 0.172. The standard InChI is InChI=1S/C12H22N2O3/c1-9(2)10-4-6-14(7-5-10)12(17)13(3)8-11(15)16/h9-10H,4-8H2,1-3H3,(H,15,16). The molecular weight excluding hydrogens is 220 g/mol. The zero-order chi connectivity index (χ0) is 13.0. The lowest BCUT2D eigenvalue weighted by atomic mass is 9.87. The Morgan fingerprint density at radius 1 is 1.35 bits per heavy atom. The predicted octanol–water partition coefficient (Wildman–Crippen LogP) is 1.49. The normalized spacial score (nSPS) is 17.3. The third-order valence-corrected chi connectivity index (χ3v) is 3.45. The van der Waals surface area contributed by atoms with E-state index in [9.17, 15) is 9.59 Å². The number of likely N-dealkylation sites (tertiary alicyclic amines) is 1. The van der Waals surface area contributed by atoms with Crippen LogP contribution in [-0.2, 0) is 4.79 Å². The molecule has 2 amide bonds. The van der Waals surface area contributed by atoms with Crippen LogP contribution in [0.3, 0.4) is 0 Å². The lowest BCUT2D eigenvalue weighted by molar-refractivity contribution is -0.137. The fourth-order valence-electron chi connectivity index (χ4n) is 2.27. The van der Waals surface area contributed by atoms with E-state index in [0.29, 0.717) is 11.8 Å². The molecule has 0 aromatic heterocycles. The first kappa shape index (κ1) is 13.8. The van der Waals surface area contributed by atoms with E-state index in [4.69, 9.17) is 5.11 Å². The van der Waals surface area contributed by atoms with Crippen molar-refractivity contribution in [3.8, 4) is 0 Å². The Morgan fingerprint density at radius 2 is 1.88 bits per heavy atom. The number of carbonyl (C=O) groups is 2. The molecule has 1 fully saturated rings. The van der Waals surface area contributed by atoms with Gasteiger partial charge in [0, 0.05) is 20.1 Å². The van der Waals surface area contributed by atoms with Gasteiger partial charge in [-0.2, -0.15) is 0 Å². The number of rotatable bonds is 3. The van der Waals surface area contributed by atoms with E-state index in [0.717, 1.165) is 25.9 Å². The average molecular weight is 242 g/mol. The molecular formula is C12H22N2O3. The summed E-state index contributed by atoms with van der Waals surface area (Å²) < 4.78 is 0. The minimum Gasteiger partial charge on any atom is -0.480 e. The van der Waals surface area contributed by atoms with Gasteiger partial charge >= 0.3 is 12.0 Å². The van der Waals surface area contributed by atoms with Crippen molar-refractivity contribution in [2.24, 2.45) is 11.8 Å². The van der Waals surface area contributed by atoms with Gasteiger partial charge in [0.1, 0.15) is 6.54 Å². The smallest absolute Gasteiger partial charge is 0.323 e. The summed E-state index contributed by atoms with van der Waals surface area (Å²) >= 11 is 0. The molecule has 0 unspecified atom stereocenters. The molecule has 1 aliphatic rings. The van der Waals surface area contributed by atoms with Gasteiger partial charge in [0.25, 0.3) is 0 Å². The maximum absolute atomic E-state index is 11.9. The molecule has 1 rings (SSSR count). The first-order valence-electron chi connectivity index (χ1n) is 6.13. The molecule has 0 aliphatic carbocycles. The van der Waals surface area contributed by atoms with Crippen LogP contribution in [0.1, 0.15) is 26.7 Å². The second kappa shape index (κ2) is 5.89. The maximum atomic E-state index is 11.9. The van der Waals surface area contributed by atoms with E-state index in [1.807, 2.05) is 0 Å². The van der Waals surface area contributed by atoms with Crippen LogP contribution in [0.25, 0.3) is 0 Å². The summed E-state index contributed by atoms with van der Waals surface area (Å²) in [7, 11) is 1.53. The third kappa shape index (κ3) is 3.91. The van der Waals surface area contributed by atoms with Gasteiger partial charge in [0.05, 0.1) is 0 Å². The van der Waals surface area contributed by atoms with Gasteiger partial charge in [-0.25, -0.2) is 4.79 Å². The summed E-state index contributed by atoms with van der Waals surface area (Å²) in [4.78, 5) is 25.4. The first-order chi connectivity index (χ1) is 7.91. The van der Waals surface area contributed by atoms with Crippen LogP contribution < -0.4 is 0 Å². The molecule has 0 aromatic carbocycles. The number of carboxylic acids is 1. The van der Waals surface area contributed by atoms with Crippen molar-refractivity contribution < 1.29 is 14.7 Å². The Bertz CT molecular complexity index is 283. The second-order valence-corrected chi connectivity index (χ2v) is 5.10. The van der Waals surface area contributed by atoms with E-state index in [-0.39, 0.29) is 12.6 Å². The maximum Gasteiger partial charge on any atom is 0.323 e. The van der Waals surface area contributed by atoms with Crippen molar-refractivity contribution >= 4 is 12.0 Å². The monoisotopic (exact) mass is 242 g/mol. The van der Waals surface area contributed by atoms with Crippen LogP contribution in [0.5, 0.6) is 0 Å². The van der Waals surface area contributed by atoms with Crippen LogP contribution in [0, 0.1) is 11.8 Å². The van der Waals surface area contributed by atoms with Crippen molar-refractivity contribution in [3.05, 3.63) is 0 Å². The van der Waals surface area contributed by atoms with Crippen LogP contribution >= 0.6 is 0 Å². The number of carbonyl (C=O) groups excluding carboxylic acids is 1. The van der Waals surface area contributed by atoms with E-state index >= 15 is 0 Å². The molecule has 0 atom stereocenters. The van der Waals surface area contributed by atoms with Crippen LogP contribution in [0.4, 0.5) is 4.79 Å². The van der Waals surface area contributed by atoms with E-state index in [1.54, 1.807) is 4.90 Å². The third-order valence-electron chi connectivity index (χ3n) is 3.45. The van der Waals surface area contributed by atoms with Crippen LogP contribution in [0.15, 0.2) is 0 Å². The van der Waals surface area contributed by atoms with Crippen molar-refractivity contribution in [2.45, 2.75) is 26.7 Å². The van der Waals surface area contributed by atoms with Gasteiger partial charge in [-0.1, -0.05) is 13.8 Å². The summed E-state index contributed by atoms with van der Waals surface area (Å²) in [5, 5.41) is 8.63. The van der Waals surface area contributed by atoms with Gasteiger partial charge in [0.2, 0.25) is 0 Å². The zero-order valence-electron chi connectivity index (χ0n) is 10.8. The first-order valence-corrected chi connectivity index (χ1v) is 6.13.